The van der Waals surface area contributed by atoms with Crippen LogP contribution in [-0.2, 0) is 16.0 Å². The second-order valence-electron chi connectivity index (χ2n) is 4.77. The summed E-state index contributed by atoms with van der Waals surface area (Å²) < 4.78 is 0. The number of carboxylic acids is 1. The third-order valence-corrected chi connectivity index (χ3v) is 3.54. The number of carboxylic acid groups (broad SMARTS) is 1. The summed E-state index contributed by atoms with van der Waals surface area (Å²) in [6, 6.07) is 7.29. The van der Waals surface area contributed by atoms with E-state index in [9.17, 15) is 9.59 Å². The average Bonchev–Trinajstić information content (AvgIpc) is 2.42. The molecule has 0 aromatic heterocycles. The van der Waals surface area contributed by atoms with Gasteiger partial charge in [0.15, 0.2) is 0 Å². The molecule has 0 heterocycles. The number of hydrogen-bond acceptors (Lipinski definition) is 3. The van der Waals surface area contributed by atoms with Crippen LogP contribution in [0.5, 0.6) is 0 Å². The van der Waals surface area contributed by atoms with Crippen LogP contribution in [0.15, 0.2) is 24.3 Å². The van der Waals surface area contributed by atoms with Crippen LogP contribution in [0.4, 0.5) is 0 Å². The Bertz CT molecular complexity index is 462. The van der Waals surface area contributed by atoms with Gasteiger partial charge in [-0.15, -0.1) is 0 Å². The van der Waals surface area contributed by atoms with E-state index in [0.29, 0.717) is 6.42 Å². The summed E-state index contributed by atoms with van der Waals surface area (Å²) in [5.41, 5.74) is 2.56. The largest absolute Gasteiger partial charge is 0.480 e. The van der Waals surface area contributed by atoms with Crippen LogP contribution in [0.1, 0.15) is 30.4 Å². The van der Waals surface area contributed by atoms with Crippen molar-refractivity contribution < 1.29 is 14.7 Å². The molecule has 0 bridgehead atoms. The summed E-state index contributed by atoms with van der Waals surface area (Å²) in [4.78, 5) is 22.3. The Kier molecular flexibility index (Phi) is 7.15. The molecule has 0 spiro atoms. The van der Waals surface area contributed by atoms with Crippen LogP contribution in [0.25, 0.3) is 0 Å². The molecule has 0 aliphatic heterocycles. The molecular weight excluding hydrogens is 274 g/mol. The van der Waals surface area contributed by atoms with Gasteiger partial charge in [-0.1, -0.05) is 24.3 Å². The topological polar surface area (TPSA) is 66.4 Å². The quantitative estimate of drug-likeness (QED) is 0.509. The van der Waals surface area contributed by atoms with Gasteiger partial charge in [-0.3, -0.25) is 4.79 Å². The van der Waals surface area contributed by atoms with Crippen LogP contribution in [0.2, 0.25) is 0 Å². The fourth-order valence-electron chi connectivity index (χ4n) is 1.94. The van der Waals surface area contributed by atoms with Crippen LogP contribution in [-0.4, -0.2) is 28.8 Å². The number of hydrogen-bond donors (Lipinski definition) is 3. The van der Waals surface area contributed by atoms with E-state index in [1.54, 1.807) is 0 Å². The fourth-order valence-corrected chi connectivity index (χ4v) is 2.19. The maximum atomic E-state index is 11.6. The van der Waals surface area contributed by atoms with Gasteiger partial charge in [0.2, 0.25) is 5.91 Å². The Morgan fingerprint density at radius 2 is 2.00 bits per heavy atom. The number of aliphatic carboxylic acids is 1. The van der Waals surface area contributed by atoms with E-state index in [2.05, 4.69) is 37.0 Å². The lowest BCUT2D eigenvalue weighted by atomic mass is 10.0. The van der Waals surface area contributed by atoms with Crippen molar-refractivity contribution in [3.05, 3.63) is 35.4 Å². The van der Waals surface area contributed by atoms with Crippen molar-refractivity contribution in [1.82, 2.24) is 5.32 Å². The highest BCUT2D eigenvalue weighted by molar-refractivity contribution is 7.80. The number of rotatable bonds is 8. The van der Waals surface area contributed by atoms with Crippen LogP contribution in [0, 0.1) is 6.92 Å². The Morgan fingerprint density at radius 1 is 1.30 bits per heavy atom. The molecule has 0 saturated carbocycles. The van der Waals surface area contributed by atoms with E-state index in [-0.39, 0.29) is 11.7 Å². The third kappa shape index (κ3) is 5.65. The fraction of sp³-hybridized carbons (Fsp3) is 0.467. The highest BCUT2D eigenvalue weighted by atomic mass is 32.1. The molecule has 1 atom stereocenters. The minimum atomic E-state index is -1.05. The van der Waals surface area contributed by atoms with Gasteiger partial charge < -0.3 is 10.4 Å². The van der Waals surface area contributed by atoms with Crippen molar-refractivity contribution >= 4 is 24.5 Å². The number of nitrogens with one attached hydrogen (secondary N) is 1. The minimum absolute atomic E-state index is 0.101. The van der Waals surface area contributed by atoms with Gasteiger partial charge in [-0.2, -0.15) is 12.6 Å². The Hall–Kier alpha value is -1.49. The van der Waals surface area contributed by atoms with Crippen molar-refractivity contribution in [2.24, 2.45) is 0 Å². The van der Waals surface area contributed by atoms with Gasteiger partial charge in [0.05, 0.1) is 0 Å². The molecule has 110 valence electrons. The maximum absolute atomic E-state index is 11.6. The van der Waals surface area contributed by atoms with E-state index in [1.807, 2.05) is 12.1 Å². The molecule has 1 amide bonds. The van der Waals surface area contributed by atoms with Crippen LogP contribution >= 0.6 is 12.6 Å². The zero-order valence-electron chi connectivity index (χ0n) is 11.6. The molecule has 0 saturated heterocycles. The maximum Gasteiger partial charge on any atom is 0.327 e. The number of carbonyl (C=O) groups is 2. The molecule has 1 aromatic rings. The van der Waals surface area contributed by atoms with Gasteiger partial charge in [0.1, 0.15) is 6.04 Å². The Morgan fingerprint density at radius 3 is 2.60 bits per heavy atom. The van der Waals surface area contributed by atoms with Crippen LogP contribution in [0.3, 0.4) is 0 Å². The number of amides is 1. The smallest absolute Gasteiger partial charge is 0.327 e. The van der Waals surface area contributed by atoms with Gasteiger partial charge in [0.25, 0.3) is 0 Å². The standard InChI is InChI=1S/C15H21NO3S/c1-11-6-2-3-7-12(11)8-4-5-9-14(17)16-13(10-20)15(18)19/h2-3,6-7,13,20H,4-5,8-10H2,1H3,(H,16,17)(H,18,19)/t13-/m0/s1. The van der Waals surface area contributed by atoms with E-state index >= 15 is 0 Å². The summed E-state index contributed by atoms with van der Waals surface area (Å²) in [6.07, 6.45) is 2.95. The minimum Gasteiger partial charge on any atom is -0.480 e. The number of thiol groups is 1. The van der Waals surface area contributed by atoms with Crippen LogP contribution < -0.4 is 5.32 Å². The summed E-state index contributed by atoms with van der Waals surface area (Å²) in [5.74, 6) is -1.17. The van der Waals surface area contributed by atoms with E-state index in [4.69, 9.17) is 5.11 Å². The summed E-state index contributed by atoms with van der Waals surface area (Å²) >= 11 is 3.90. The zero-order chi connectivity index (χ0) is 15.0. The SMILES string of the molecule is Cc1ccccc1CCCCC(=O)N[C@@H](CS)C(=O)O. The number of unbranched alkanes of at least 4 members (excludes halogenated alkanes) is 1. The first-order valence-electron chi connectivity index (χ1n) is 6.72. The van der Waals surface area contributed by atoms with Gasteiger partial charge in [-0.05, 0) is 37.3 Å². The first-order valence-corrected chi connectivity index (χ1v) is 7.35. The number of benzene rings is 1. The summed E-state index contributed by atoms with van der Waals surface area (Å²) in [6.45, 7) is 2.08. The Balaban J connectivity index is 2.26. The van der Waals surface area contributed by atoms with E-state index in [0.717, 1.165) is 19.3 Å². The lowest BCUT2D eigenvalue weighted by molar-refractivity contribution is -0.141. The van der Waals surface area contributed by atoms with Crippen molar-refractivity contribution in [3.8, 4) is 0 Å². The number of aryl methyl sites for hydroxylation is 2. The van der Waals surface area contributed by atoms with Crippen molar-refractivity contribution in [2.45, 2.75) is 38.6 Å². The summed E-state index contributed by atoms with van der Waals surface area (Å²) in [7, 11) is 0. The lowest BCUT2D eigenvalue weighted by Gasteiger charge is -2.11. The monoisotopic (exact) mass is 295 g/mol. The molecule has 0 unspecified atom stereocenters. The molecule has 20 heavy (non-hydrogen) atoms. The second kappa shape index (κ2) is 8.64. The average molecular weight is 295 g/mol. The first-order chi connectivity index (χ1) is 9.54. The molecule has 1 aromatic carbocycles. The molecule has 4 nitrogen and oxygen atoms in total. The Labute approximate surface area is 125 Å². The van der Waals surface area contributed by atoms with Crippen molar-refractivity contribution in [3.63, 3.8) is 0 Å². The molecule has 5 heteroatoms. The third-order valence-electron chi connectivity index (χ3n) is 3.18. The molecule has 0 fully saturated rings. The van der Waals surface area contributed by atoms with E-state index in [1.165, 1.54) is 11.1 Å². The first kappa shape index (κ1) is 16.6. The number of carbonyl (C=O) groups excluding carboxylic acids is 1. The van der Waals surface area contributed by atoms with Gasteiger partial charge in [0, 0.05) is 12.2 Å². The molecular formula is C15H21NO3S. The predicted molar refractivity (Wildman–Crippen MR) is 82.2 cm³/mol. The molecule has 0 aliphatic rings. The zero-order valence-corrected chi connectivity index (χ0v) is 12.5. The van der Waals surface area contributed by atoms with Gasteiger partial charge in [-0.25, -0.2) is 4.79 Å². The second-order valence-corrected chi connectivity index (χ2v) is 5.14. The van der Waals surface area contributed by atoms with Crippen molar-refractivity contribution in [2.75, 3.05) is 5.75 Å². The van der Waals surface area contributed by atoms with Gasteiger partial charge >= 0.3 is 5.97 Å². The molecule has 0 radical (unpaired) electrons. The highest BCUT2D eigenvalue weighted by Gasteiger charge is 2.17. The normalized spacial score (nSPS) is 11.9. The summed E-state index contributed by atoms with van der Waals surface area (Å²) in [5, 5.41) is 11.3. The van der Waals surface area contributed by atoms with E-state index < -0.39 is 12.0 Å². The molecule has 1 rings (SSSR count). The van der Waals surface area contributed by atoms with Crippen molar-refractivity contribution in [1.29, 1.82) is 0 Å². The predicted octanol–water partition coefficient (Wildman–Crippen LogP) is 2.21. The highest BCUT2D eigenvalue weighted by Crippen LogP contribution is 2.11. The molecule has 0 aliphatic carbocycles. The molecule has 2 N–H and O–H groups in total. The lowest BCUT2D eigenvalue weighted by Crippen LogP contribution is -2.42.